The fraction of sp³-hybridized carbons (Fsp3) is 0.667. The predicted molar refractivity (Wildman–Crippen MR) is 48.5 cm³/mol. The molecule has 13 heavy (non-hydrogen) atoms. The molecule has 2 unspecified atom stereocenters. The first-order chi connectivity index (χ1) is 5.94. The first-order valence-electron chi connectivity index (χ1n) is 3.35. The Morgan fingerprint density at radius 3 is 2.54 bits per heavy atom. The normalized spacial score (nSPS) is 30.2. The Labute approximate surface area is 85.7 Å². The van der Waals surface area contributed by atoms with Gasteiger partial charge in [-0.05, 0) is 5.41 Å². The molecular weight excluding hydrogens is 271 g/mol. The second-order valence-electron chi connectivity index (χ2n) is 2.47. The van der Waals surface area contributed by atoms with Crippen LogP contribution in [0.2, 0.25) is 0 Å². The minimum absolute atomic E-state index is 0.131. The van der Waals surface area contributed by atoms with E-state index in [1.165, 1.54) is 11.6 Å². The molecule has 2 atom stereocenters. The van der Waals surface area contributed by atoms with Crippen molar-refractivity contribution in [3.8, 4) is 0 Å². The lowest BCUT2D eigenvalue weighted by atomic mass is 10.1. The van der Waals surface area contributed by atoms with Gasteiger partial charge in [-0.15, -0.1) is 0 Å². The number of hydrogen-bond donors (Lipinski definition) is 2. The Hall–Kier alpha value is 0.120. The van der Waals surface area contributed by atoms with Crippen molar-refractivity contribution in [3.63, 3.8) is 0 Å². The third kappa shape index (κ3) is 1.82. The quantitative estimate of drug-likeness (QED) is 0.756. The summed E-state index contributed by atoms with van der Waals surface area (Å²) < 4.78 is 37.6. The van der Waals surface area contributed by atoms with Crippen LogP contribution in [0.4, 0.5) is 13.2 Å². The summed E-state index contributed by atoms with van der Waals surface area (Å²) in [7, 11) is 0. The number of nitrogens with one attached hydrogen (secondary N) is 1. The lowest BCUT2D eigenvalue weighted by Crippen LogP contribution is -2.59. The van der Waals surface area contributed by atoms with Crippen LogP contribution in [0.1, 0.15) is 0 Å². The van der Waals surface area contributed by atoms with Gasteiger partial charge in [0.2, 0.25) is 4.87 Å². The van der Waals surface area contributed by atoms with Crippen LogP contribution in [-0.2, 0) is 0 Å². The van der Waals surface area contributed by atoms with Crippen molar-refractivity contribution in [2.75, 3.05) is 5.33 Å². The van der Waals surface area contributed by atoms with Crippen LogP contribution >= 0.6 is 27.7 Å². The van der Waals surface area contributed by atoms with Gasteiger partial charge in [-0.3, -0.25) is 0 Å². The summed E-state index contributed by atoms with van der Waals surface area (Å²) in [6, 6.07) is 0. The van der Waals surface area contributed by atoms with Gasteiger partial charge in [0.15, 0.2) is 0 Å². The lowest BCUT2D eigenvalue weighted by Gasteiger charge is -2.34. The van der Waals surface area contributed by atoms with Gasteiger partial charge < -0.3 is 10.4 Å². The standard InChI is InChI=1S/C6H7BrF3NOS/c7-3-4(12)5(6(8,9)10)11-1-2-13-5/h1-2,4,11-12H,3H2. The van der Waals surface area contributed by atoms with Crippen molar-refractivity contribution in [2.24, 2.45) is 0 Å². The van der Waals surface area contributed by atoms with Crippen LogP contribution in [0.15, 0.2) is 11.6 Å². The van der Waals surface area contributed by atoms with Crippen molar-refractivity contribution in [1.82, 2.24) is 5.32 Å². The van der Waals surface area contributed by atoms with E-state index in [0.717, 1.165) is 0 Å². The van der Waals surface area contributed by atoms with Gasteiger partial charge in [-0.25, -0.2) is 0 Å². The van der Waals surface area contributed by atoms with Gasteiger partial charge in [0, 0.05) is 11.5 Å². The molecule has 0 radical (unpaired) electrons. The molecule has 1 heterocycles. The summed E-state index contributed by atoms with van der Waals surface area (Å²) in [4.78, 5) is -2.30. The molecule has 0 fully saturated rings. The molecule has 2 nitrogen and oxygen atoms in total. The number of aliphatic hydroxyl groups is 1. The molecular formula is C6H7BrF3NOS. The van der Waals surface area contributed by atoms with Gasteiger partial charge in [0.05, 0.1) is 0 Å². The van der Waals surface area contributed by atoms with E-state index in [0.29, 0.717) is 11.8 Å². The first kappa shape index (κ1) is 11.2. The van der Waals surface area contributed by atoms with Crippen LogP contribution in [0, 0.1) is 0 Å². The maximum Gasteiger partial charge on any atom is 0.423 e. The van der Waals surface area contributed by atoms with E-state index < -0.39 is 17.2 Å². The minimum atomic E-state index is -4.49. The zero-order valence-electron chi connectivity index (χ0n) is 6.31. The van der Waals surface area contributed by atoms with Crippen LogP contribution in [0.3, 0.4) is 0 Å². The van der Waals surface area contributed by atoms with Gasteiger partial charge in [-0.2, -0.15) is 13.2 Å². The summed E-state index contributed by atoms with van der Waals surface area (Å²) >= 11 is 3.35. The highest BCUT2D eigenvalue weighted by atomic mass is 79.9. The van der Waals surface area contributed by atoms with Crippen LogP contribution in [0.5, 0.6) is 0 Å². The van der Waals surface area contributed by atoms with Gasteiger partial charge in [-0.1, -0.05) is 27.7 Å². The van der Waals surface area contributed by atoms with Crippen LogP contribution in [0.25, 0.3) is 0 Å². The van der Waals surface area contributed by atoms with E-state index in [4.69, 9.17) is 0 Å². The molecule has 0 saturated carbocycles. The van der Waals surface area contributed by atoms with E-state index in [1.807, 2.05) is 0 Å². The highest BCUT2D eigenvalue weighted by Gasteiger charge is 2.60. The number of rotatable bonds is 2. The van der Waals surface area contributed by atoms with E-state index in [-0.39, 0.29) is 5.33 Å². The van der Waals surface area contributed by atoms with E-state index >= 15 is 0 Å². The zero-order valence-corrected chi connectivity index (χ0v) is 8.71. The van der Waals surface area contributed by atoms with Crippen molar-refractivity contribution in [3.05, 3.63) is 11.6 Å². The van der Waals surface area contributed by atoms with E-state index in [1.54, 1.807) is 0 Å². The van der Waals surface area contributed by atoms with Crippen molar-refractivity contribution >= 4 is 27.7 Å². The average Bonchev–Trinajstić information content (AvgIpc) is 2.50. The molecule has 76 valence electrons. The fourth-order valence-corrected chi connectivity index (χ4v) is 2.51. The molecule has 1 aliphatic rings. The second-order valence-corrected chi connectivity index (χ2v) is 4.27. The summed E-state index contributed by atoms with van der Waals surface area (Å²) in [6.45, 7) is 0. The largest absolute Gasteiger partial charge is 0.423 e. The maximum atomic E-state index is 12.5. The number of aliphatic hydroxyl groups excluding tert-OH is 1. The lowest BCUT2D eigenvalue weighted by molar-refractivity contribution is -0.184. The molecule has 2 N–H and O–H groups in total. The summed E-state index contributed by atoms with van der Waals surface area (Å²) in [5.41, 5.74) is 0. The van der Waals surface area contributed by atoms with Gasteiger partial charge in [0.1, 0.15) is 6.10 Å². The molecule has 7 heteroatoms. The SMILES string of the molecule is OC(CBr)C1(C(F)(F)F)NC=CS1. The van der Waals surface area contributed by atoms with Gasteiger partial charge in [0.25, 0.3) is 0 Å². The summed E-state index contributed by atoms with van der Waals surface area (Å²) in [5, 5.41) is 12.5. The third-order valence-electron chi connectivity index (χ3n) is 1.66. The zero-order chi connectivity index (χ0) is 10.1. The smallest absolute Gasteiger partial charge is 0.388 e. The van der Waals surface area contributed by atoms with Crippen molar-refractivity contribution < 1.29 is 18.3 Å². The Kier molecular flexibility index (Phi) is 3.19. The maximum absolute atomic E-state index is 12.5. The summed E-state index contributed by atoms with van der Waals surface area (Å²) in [6.07, 6.45) is -4.83. The Morgan fingerprint density at radius 2 is 2.23 bits per heavy atom. The van der Waals surface area contributed by atoms with Crippen molar-refractivity contribution in [1.29, 1.82) is 0 Å². The predicted octanol–water partition coefficient (Wildman–Crippen LogP) is 1.81. The fourth-order valence-electron chi connectivity index (χ4n) is 0.954. The highest BCUT2D eigenvalue weighted by molar-refractivity contribution is 9.09. The molecule has 1 aliphatic heterocycles. The Balaban J connectivity index is 2.89. The highest BCUT2D eigenvalue weighted by Crippen LogP contribution is 2.45. The molecule has 1 rings (SSSR count). The Bertz CT molecular complexity index is 212. The van der Waals surface area contributed by atoms with E-state index in [9.17, 15) is 18.3 Å². The monoisotopic (exact) mass is 277 g/mol. The molecule has 0 aromatic carbocycles. The number of hydrogen-bond acceptors (Lipinski definition) is 3. The second kappa shape index (κ2) is 3.70. The van der Waals surface area contributed by atoms with Crippen LogP contribution in [-0.4, -0.2) is 27.6 Å². The first-order valence-corrected chi connectivity index (χ1v) is 5.35. The number of alkyl halides is 4. The number of halogens is 4. The van der Waals surface area contributed by atoms with Crippen molar-refractivity contribution in [2.45, 2.75) is 17.2 Å². The van der Waals surface area contributed by atoms with Crippen LogP contribution < -0.4 is 5.32 Å². The molecule has 0 aliphatic carbocycles. The molecule has 0 aromatic rings. The number of thioether (sulfide) groups is 1. The molecule has 0 saturated heterocycles. The molecule has 0 bridgehead atoms. The van der Waals surface area contributed by atoms with Gasteiger partial charge >= 0.3 is 6.18 Å². The average molecular weight is 278 g/mol. The molecule has 0 amide bonds. The van der Waals surface area contributed by atoms with E-state index in [2.05, 4.69) is 21.2 Å². The third-order valence-corrected chi connectivity index (χ3v) is 3.53. The summed E-state index contributed by atoms with van der Waals surface area (Å²) in [5.74, 6) is 0. The minimum Gasteiger partial charge on any atom is -0.388 e. The topological polar surface area (TPSA) is 32.3 Å². The molecule has 0 spiro atoms. The molecule has 0 aromatic heterocycles. The Morgan fingerprint density at radius 1 is 1.62 bits per heavy atom.